The highest BCUT2D eigenvalue weighted by atomic mass is 16.3. The molecule has 0 spiro atoms. The predicted octanol–water partition coefficient (Wildman–Crippen LogP) is 2.33. The van der Waals surface area contributed by atoms with E-state index in [2.05, 4.69) is 18.7 Å². The highest BCUT2D eigenvalue weighted by Gasteiger charge is 2.36. The zero-order valence-electron chi connectivity index (χ0n) is 14.6. The maximum Gasteiger partial charge on any atom is 0.246 e. The molecule has 1 aliphatic carbocycles. The Kier molecular flexibility index (Phi) is 5.41. The van der Waals surface area contributed by atoms with E-state index >= 15 is 0 Å². The van der Waals surface area contributed by atoms with Crippen LogP contribution in [0, 0.1) is 5.92 Å². The summed E-state index contributed by atoms with van der Waals surface area (Å²) in [5.41, 5.74) is 0. The van der Waals surface area contributed by atoms with Gasteiger partial charge in [-0.25, -0.2) is 0 Å². The molecule has 0 aromatic carbocycles. The van der Waals surface area contributed by atoms with Gasteiger partial charge in [0.2, 0.25) is 5.91 Å². The number of nitrogens with zero attached hydrogens (tertiary/aromatic N) is 2. The van der Waals surface area contributed by atoms with Crippen molar-refractivity contribution in [2.45, 2.75) is 38.6 Å². The largest absolute Gasteiger partial charge is 0.461 e. The van der Waals surface area contributed by atoms with E-state index in [1.54, 1.807) is 12.2 Å². The van der Waals surface area contributed by atoms with Crippen molar-refractivity contribution in [2.75, 3.05) is 32.8 Å². The predicted molar refractivity (Wildman–Crippen MR) is 93.6 cm³/mol. The van der Waals surface area contributed by atoms with Crippen molar-refractivity contribution in [1.82, 2.24) is 9.80 Å². The summed E-state index contributed by atoms with van der Waals surface area (Å²) in [6.45, 7) is 7.56. The molecule has 132 valence electrons. The fourth-order valence-electron chi connectivity index (χ4n) is 3.44. The van der Waals surface area contributed by atoms with E-state index < -0.39 is 0 Å². The summed E-state index contributed by atoms with van der Waals surface area (Å²) in [6, 6.07) is 4.18. The van der Waals surface area contributed by atoms with Gasteiger partial charge >= 0.3 is 0 Å². The molecule has 1 amide bonds. The Bertz CT molecular complexity index is 583. The third-order valence-electron chi connectivity index (χ3n) is 5.34. The number of hydrogen-bond acceptors (Lipinski definition) is 4. The summed E-state index contributed by atoms with van der Waals surface area (Å²) in [6.07, 6.45) is 5.52. The standard InChI is InChI=1S/C19H28N2O3/c1-3-15(13-22)20-8-10-21(11-9-20)19(23)7-5-16-4-6-18(24-16)17-12-14(17)2/h4-7,14-15,17,22H,3,8-13H2,1-2H3/b7-5+. The molecule has 1 aromatic heterocycles. The first-order valence-corrected chi connectivity index (χ1v) is 9.04. The number of carbonyl (C=O) groups excluding carboxylic acids is 1. The Hall–Kier alpha value is -1.59. The minimum Gasteiger partial charge on any atom is -0.461 e. The Morgan fingerprint density at radius 3 is 2.67 bits per heavy atom. The Morgan fingerprint density at radius 1 is 1.38 bits per heavy atom. The van der Waals surface area contributed by atoms with Crippen LogP contribution in [0.25, 0.3) is 6.08 Å². The van der Waals surface area contributed by atoms with Crippen molar-refractivity contribution in [3.63, 3.8) is 0 Å². The normalized spacial score (nSPS) is 26.0. The summed E-state index contributed by atoms with van der Waals surface area (Å²) in [5.74, 6) is 3.11. The summed E-state index contributed by atoms with van der Waals surface area (Å²) in [4.78, 5) is 16.5. The van der Waals surface area contributed by atoms with Crippen molar-refractivity contribution in [3.05, 3.63) is 29.7 Å². The van der Waals surface area contributed by atoms with Crippen LogP contribution in [0.5, 0.6) is 0 Å². The van der Waals surface area contributed by atoms with Gasteiger partial charge in [0.05, 0.1) is 6.61 Å². The van der Waals surface area contributed by atoms with Gasteiger partial charge in [-0.15, -0.1) is 0 Å². The fraction of sp³-hybridized carbons (Fsp3) is 0.632. The van der Waals surface area contributed by atoms with Crippen LogP contribution in [0.3, 0.4) is 0 Å². The Morgan fingerprint density at radius 2 is 2.08 bits per heavy atom. The molecule has 3 atom stereocenters. The van der Waals surface area contributed by atoms with Gasteiger partial charge in [-0.1, -0.05) is 13.8 Å². The zero-order valence-corrected chi connectivity index (χ0v) is 14.6. The summed E-state index contributed by atoms with van der Waals surface area (Å²) in [5, 5.41) is 9.38. The number of aliphatic hydroxyl groups excluding tert-OH is 1. The number of furan rings is 1. The van der Waals surface area contributed by atoms with E-state index in [-0.39, 0.29) is 18.6 Å². The van der Waals surface area contributed by atoms with Gasteiger partial charge in [0.1, 0.15) is 11.5 Å². The Labute approximate surface area is 143 Å². The van der Waals surface area contributed by atoms with E-state index in [4.69, 9.17) is 4.42 Å². The van der Waals surface area contributed by atoms with Gasteiger partial charge in [-0.3, -0.25) is 9.69 Å². The second-order valence-corrected chi connectivity index (χ2v) is 7.00. The van der Waals surface area contributed by atoms with Crippen molar-refractivity contribution in [1.29, 1.82) is 0 Å². The first-order valence-electron chi connectivity index (χ1n) is 9.04. The first kappa shape index (κ1) is 17.2. The number of hydrogen-bond donors (Lipinski definition) is 1. The third kappa shape index (κ3) is 3.90. The van der Waals surface area contributed by atoms with Crippen molar-refractivity contribution in [2.24, 2.45) is 5.92 Å². The first-order chi connectivity index (χ1) is 11.6. The van der Waals surface area contributed by atoms with E-state index in [0.29, 0.717) is 19.0 Å². The average molecular weight is 332 g/mol. The zero-order chi connectivity index (χ0) is 17.1. The molecular formula is C19H28N2O3. The van der Waals surface area contributed by atoms with Crippen LogP contribution in [-0.2, 0) is 4.79 Å². The van der Waals surface area contributed by atoms with Gasteiger partial charge in [-0.2, -0.15) is 0 Å². The summed E-state index contributed by atoms with van der Waals surface area (Å²) in [7, 11) is 0. The monoisotopic (exact) mass is 332 g/mol. The highest BCUT2D eigenvalue weighted by molar-refractivity contribution is 5.91. The maximum atomic E-state index is 12.3. The second-order valence-electron chi connectivity index (χ2n) is 7.00. The van der Waals surface area contributed by atoms with E-state index in [1.807, 2.05) is 17.0 Å². The molecule has 2 heterocycles. The maximum absolute atomic E-state index is 12.3. The number of aliphatic hydroxyl groups is 1. The van der Waals surface area contributed by atoms with Crippen LogP contribution in [0.1, 0.15) is 44.1 Å². The molecule has 3 rings (SSSR count). The molecule has 2 fully saturated rings. The van der Waals surface area contributed by atoms with E-state index in [1.165, 1.54) is 6.42 Å². The smallest absolute Gasteiger partial charge is 0.246 e. The molecule has 1 aliphatic heterocycles. The fourth-order valence-corrected chi connectivity index (χ4v) is 3.44. The van der Waals surface area contributed by atoms with Crippen LogP contribution < -0.4 is 0 Å². The molecule has 2 aliphatic rings. The number of piperazine rings is 1. The van der Waals surface area contributed by atoms with Gasteiger partial charge < -0.3 is 14.4 Å². The van der Waals surface area contributed by atoms with Crippen molar-refractivity contribution in [3.8, 4) is 0 Å². The third-order valence-corrected chi connectivity index (χ3v) is 5.34. The average Bonchev–Trinajstić information content (AvgIpc) is 3.15. The molecule has 1 N–H and O–H groups in total. The van der Waals surface area contributed by atoms with Crippen molar-refractivity contribution < 1.29 is 14.3 Å². The molecule has 3 unspecified atom stereocenters. The lowest BCUT2D eigenvalue weighted by atomic mass is 10.1. The van der Waals surface area contributed by atoms with Gasteiger partial charge in [0.25, 0.3) is 0 Å². The second kappa shape index (κ2) is 7.53. The highest BCUT2D eigenvalue weighted by Crippen LogP contribution is 2.47. The lowest BCUT2D eigenvalue weighted by Gasteiger charge is -2.38. The van der Waals surface area contributed by atoms with Crippen LogP contribution in [-0.4, -0.2) is 59.6 Å². The van der Waals surface area contributed by atoms with Gasteiger partial charge in [0.15, 0.2) is 0 Å². The molecule has 24 heavy (non-hydrogen) atoms. The minimum atomic E-state index is 0.0319. The summed E-state index contributed by atoms with van der Waals surface area (Å²) < 4.78 is 5.80. The van der Waals surface area contributed by atoms with Gasteiger partial charge in [-0.05, 0) is 37.0 Å². The molecule has 1 saturated carbocycles. The van der Waals surface area contributed by atoms with Crippen molar-refractivity contribution >= 4 is 12.0 Å². The SMILES string of the molecule is CCC(CO)N1CCN(C(=O)/C=C/c2ccc(C3CC3C)o2)CC1. The topological polar surface area (TPSA) is 56.9 Å². The molecule has 1 saturated heterocycles. The molecule has 5 nitrogen and oxygen atoms in total. The molecule has 1 aromatic rings. The number of amides is 1. The van der Waals surface area contributed by atoms with Gasteiger partial charge in [0, 0.05) is 44.2 Å². The minimum absolute atomic E-state index is 0.0319. The number of rotatable bonds is 6. The van der Waals surface area contributed by atoms with Crippen LogP contribution >= 0.6 is 0 Å². The van der Waals surface area contributed by atoms with E-state index in [0.717, 1.165) is 36.9 Å². The Balaban J connectivity index is 1.49. The van der Waals surface area contributed by atoms with E-state index in [9.17, 15) is 9.90 Å². The van der Waals surface area contributed by atoms with Crippen LogP contribution in [0.15, 0.2) is 22.6 Å². The van der Waals surface area contributed by atoms with Crippen LogP contribution in [0.2, 0.25) is 0 Å². The molecular weight excluding hydrogens is 304 g/mol. The summed E-state index contributed by atoms with van der Waals surface area (Å²) >= 11 is 0. The quantitative estimate of drug-likeness (QED) is 0.813. The lowest BCUT2D eigenvalue weighted by Crippen LogP contribution is -2.52. The lowest BCUT2D eigenvalue weighted by molar-refractivity contribution is -0.128. The number of carbonyl (C=O) groups is 1. The molecule has 0 bridgehead atoms. The molecule has 0 radical (unpaired) electrons. The molecule has 5 heteroatoms. The van der Waals surface area contributed by atoms with Crippen LogP contribution in [0.4, 0.5) is 0 Å².